The number of carbonyl (C=O) groups excluding carboxylic acids is 1. The van der Waals surface area contributed by atoms with Gasteiger partial charge in [0.15, 0.2) is 0 Å². The molecule has 1 aromatic rings. The molecule has 2 N–H and O–H groups in total. The van der Waals surface area contributed by atoms with Crippen molar-refractivity contribution in [3.05, 3.63) is 35.4 Å². The highest BCUT2D eigenvalue weighted by Gasteiger charge is 2.19. The van der Waals surface area contributed by atoms with Gasteiger partial charge in [0.05, 0.1) is 11.5 Å². The number of fused-ring (bicyclic) bond motifs is 1. The van der Waals surface area contributed by atoms with E-state index in [0.29, 0.717) is 0 Å². The molecule has 0 fully saturated rings. The third-order valence-corrected chi connectivity index (χ3v) is 4.09. The minimum atomic E-state index is -0.885. The van der Waals surface area contributed by atoms with Gasteiger partial charge in [0.2, 0.25) is 5.91 Å². The van der Waals surface area contributed by atoms with Gasteiger partial charge in [0.1, 0.15) is 0 Å². The molecule has 1 unspecified atom stereocenters. The smallest absolute Gasteiger partial charge is 0.313 e. The molecule has 0 bridgehead atoms. The second-order valence-electron chi connectivity index (χ2n) is 4.66. The molecule has 0 aromatic heterocycles. The summed E-state index contributed by atoms with van der Waals surface area (Å²) in [6.45, 7) is 0. The van der Waals surface area contributed by atoms with E-state index in [-0.39, 0.29) is 23.5 Å². The number of aliphatic carboxylic acids is 1. The van der Waals surface area contributed by atoms with Crippen LogP contribution in [0.1, 0.15) is 17.5 Å². The van der Waals surface area contributed by atoms with E-state index in [1.54, 1.807) is 0 Å². The Bertz CT molecular complexity index is 476. The molecule has 1 atom stereocenters. The van der Waals surface area contributed by atoms with Crippen molar-refractivity contribution in [2.45, 2.75) is 25.3 Å². The fourth-order valence-electron chi connectivity index (χ4n) is 2.32. The molecule has 0 saturated carbocycles. The Kier molecular flexibility index (Phi) is 4.85. The predicted molar refractivity (Wildman–Crippen MR) is 75.4 cm³/mol. The first-order valence-electron chi connectivity index (χ1n) is 6.31. The Morgan fingerprint density at radius 1 is 1.26 bits per heavy atom. The molecule has 0 radical (unpaired) electrons. The maximum absolute atomic E-state index is 11.7. The van der Waals surface area contributed by atoms with E-state index < -0.39 is 5.97 Å². The molecule has 4 nitrogen and oxygen atoms in total. The highest BCUT2D eigenvalue weighted by molar-refractivity contribution is 8.00. The van der Waals surface area contributed by atoms with Crippen LogP contribution in [0.5, 0.6) is 0 Å². The van der Waals surface area contributed by atoms with E-state index in [0.717, 1.165) is 31.0 Å². The summed E-state index contributed by atoms with van der Waals surface area (Å²) >= 11 is 1.13. The van der Waals surface area contributed by atoms with E-state index in [1.807, 2.05) is 12.1 Å². The molecule has 1 amide bonds. The van der Waals surface area contributed by atoms with Gasteiger partial charge >= 0.3 is 5.97 Å². The van der Waals surface area contributed by atoms with E-state index in [2.05, 4.69) is 17.4 Å². The van der Waals surface area contributed by atoms with E-state index in [9.17, 15) is 9.59 Å². The van der Waals surface area contributed by atoms with Crippen LogP contribution in [0.3, 0.4) is 0 Å². The lowest BCUT2D eigenvalue weighted by atomic mass is 9.88. The van der Waals surface area contributed by atoms with Crippen LogP contribution in [0.2, 0.25) is 0 Å². The number of hydrogen-bond donors (Lipinski definition) is 2. The lowest BCUT2D eigenvalue weighted by Crippen LogP contribution is -2.39. The Labute approximate surface area is 116 Å². The fraction of sp³-hybridized carbons (Fsp3) is 0.429. The minimum Gasteiger partial charge on any atom is -0.481 e. The lowest BCUT2D eigenvalue weighted by Gasteiger charge is -2.25. The van der Waals surface area contributed by atoms with Gasteiger partial charge in [0.25, 0.3) is 0 Å². The van der Waals surface area contributed by atoms with Crippen LogP contribution in [0, 0.1) is 0 Å². The van der Waals surface area contributed by atoms with Crippen molar-refractivity contribution in [1.29, 1.82) is 0 Å². The molecule has 0 spiro atoms. The van der Waals surface area contributed by atoms with Crippen LogP contribution >= 0.6 is 11.8 Å². The number of nitrogens with one attached hydrogen (secondary N) is 1. The van der Waals surface area contributed by atoms with Crippen LogP contribution < -0.4 is 5.32 Å². The van der Waals surface area contributed by atoms with Crippen molar-refractivity contribution < 1.29 is 14.7 Å². The summed E-state index contributed by atoms with van der Waals surface area (Å²) in [4.78, 5) is 22.0. The van der Waals surface area contributed by atoms with Crippen molar-refractivity contribution in [2.75, 3.05) is 11.5 Å². The van der Waals surface area contributed by atoms with Crippen LogP contribution in [0.15, 0.2) is 24.3 Å². The Morgan fingerprint density at radius 3 is 2.74 bits per heavy atom. The third-order valence-electron chi connectivity index (χ3n) is 3.17. The molecular formula is C14H17NO3S. The molecule has 19 heavy (non-hydrogen) atoms. The highest BCUT2D eigenvalue weighted by Crippen LogP contribution is 2.21. The zero-order valence-electron chi connectivity index (χ0n) is 10.6. The first-order valence-corrected chi connectivity index (χ1v) is 7.46. The number of benzene rings is 1. The summed E-state index contributed by atoms with van der Waals surface area (Å²) in [7, 11) is 0. The number of hydrogen-bond acceptors (Lipinski definition) is 3. The van der Waals surface area contributed by atoms with Crippen molar-refractivity contribution in [3.63, 3.8) is 0 Å². The first kappa shape index (κ1) is 13.9. The SMILES string of the molecule is O=C(O)CSCC(=O)NC1CCc2ccccc2C1. The summed E-state index contributed by atoms with van der Waals surface area (Å²) in [5, 5.41) is 11.5. The van der Waals surface area contributed by atoms with E-state index in [1.165, 1.54) is 11.1 Å². The van der Waals surface area contributed by atoms with E-state index >= 15 is 0 Å². The summed E-state index contributed by atoms with van der Waals surface area (Å²) < 4.78 is 0. The number of carboxylic acid groups (broad SMARTS) is 1. The molecule has 0 saturated heterocycles. The fourth-order valence-corrected chi connectivity index (χ4v) is 2.87. The largest absolute Gasteiger partial charge is 0.481 e. The average Bonchev–Trinajstić information content (AvgIpc) is 2.38. The molecule has 1 aliphatic rings. The van der Waals surface area contributed by atoms with Crippen molar-refractivity contribution in [3.8, 4) is 0 Å². The molecule has 5 heteroatoms. The van der Waals surface area contributed by atoms with Crippen molar-refractivity contribution in [1.82, 2.24) is 5.32 Å². The quantitative estimate of drug-likeness (QED) is 0.857. The molecular weight excluding hydrogens is 262 g/mol. The van der Waals surface area contributed by atoms with Crippen molar-refractivity contribution in [2.24, 2.45) is 0 Å². The summed E-state index contributed by atoms with van der Waals surface area (Å²) in [5.74, 6) is -0.772. The third kappa shape index (κ3) is 4.28. The number of carbonyl (C=O) groups is 2. The Morgan fingerprint density at radius 2 is 2.00 bits per heavy atom. The Balaban J connectivity index is 1.79. The van der Waals surface area contributed by atoms with Gasteiger partial charge < -0.3 is 10.4 Å². The minimum absolute atomic E-state index is 0.0269. The molecule has 0 heterocycles. The molecule has 102 valence electrons. The molecule has 2 rings (SSSR count). The first-order chi connectivity index (χ1) is 9.15. The number of thioether (sulfide) groups is 1. The summed E-state index contributed by atoms with van der Waals surface area (Å²) in [5.41, 5.74) is 2.67. The van der Waals surface area contributed by atoms with Crippen molar-refractivity contribution >= 4 is 23.6 Å². The van der Waals surface area contributed by atoms with Gasteiger partial charge in [-0.2, -0.15) is 0 Å². The average molecular weight is 279 g/mol. The number of aryl methyl sites for hydroxylation is 1. The topological polar surface area (TPSA) is 66.4 Å². The van der Waals surface area contributed by atoms with Gasteiger partial charge in [-0.05, 0) is 30.4 Å². The van der Waals surface area contributed by atoms with Crippen LogP contribution in [-0.2, 0) is 22.4 Å². The van der Waals surface area contributed by atoms with Gasteiger partial charge in [-0.1, -0.05) is 24.3 Å². The number of rotatable bonds is 5. The van der Waals surface area contributed by atoms with Crippen LogP contribution in [0.25, 0.3) is 0 Å². The lowest BCUT2D eigenvalue weighted by molar-refractivity contribution is -0.133. The maximum Gasteiger partial charge on any atom is 0.313 e. The summed E-state index contributed by atoms with van der Waals surface area (Å²) in [6, 6.07) is 8.47. The van der Waals surface area contributed by atoms with Gasteiger partial charge in [0, 0.05) is 6.04 Å². The molecule has 0 aliphatic heterocycles. The zero-order valence-corrected chi connectivity index (χ0v) is 11.4. The standard InChI is InChI=1S/C14H17NO3S/c16-13(8-19-9-14(17)18)15-12-6-5-10-3-1-2-4-11(10)7-12/h1-4,12H,5-9H2,(H,15,16)(H,17,18). The zero-order chi connectivity index (χ0) is 13.7. The van der Waals surface area contributed by atoms with Crippen LogP contribution in [-0.4, -0.2) is 34.5 Å². The second-order valence-corrected chi connectivity index (χ2v) is 5.65. The molecule has 1 aliphatic carbocycles. The van der Waals surface area contributed by atoms with Crippen LogP contribution in [0.4, 0.5) is 0 Å². The highest BCUT2D eigenvalue weighted by atomic mass is 32.2. The molecule has 1 aromatic carbocycles. The maximum atomic E-state index is 11.7. The predicted octanol–water partition coefficient (Wildman–Crippen LogP) is 1.48. The number of amides is 1. The van der Waals surface area contributed by atoms with Gasteiger partial charge in [-0.3, -0.25) is 9.59 Å². The van der Waals surface area contributed by atoms with Gasteiger partial charge in [-0.15, -0.1) is 11.8 Å². The Hall–Kier alpha value is -1.49. The second kappa shape index (κ2) is 6.61. The number of carboxylic acids is 1. The normalized spacial score (nSPS) is 17.6. The monoisotopic (exact) mass is 279 g/mol. The summed E-state index contributed by atoms with van der Waals surface area (Å²) in [6.07, 6.45) is 2.81. The van der Waals surface area contributed by atoms with Gasteiger partial charge in [-0.25, -0.2) is 0 Å². The van der Waals surface area contributed by atoms with E-state index in [4.69, 9.17) is 5.11 Å².